The van der Waals surface area contributed by atoms with Gasteiger partial charge in [-0.15, -0.1) is 0 Å². The zero-order chi connectivity index (χ0) is 20.5. The number of likely N-dealkylation sites (tertiary alicyclic amines) is 1. The summed E-state index contributed by atoms with van der Waals surface area (Å²) in [5, 5.41) is 0. The SMILES string of the molecule is COc1cc(-c2cccc(C#C[C@]3(C)CCN(C)C3=O)c2)nc(C(N)=O)c1C. The highest BCUT2D eigenvalue weighted by molar-refractivity contribution is 5.93. The van der Waals surface area contributed by atoms with Crippen LogP contribution in [0.2, 0.25) is 0 Å². The van der Waals surface area contributed by atoms with Crippen LogP contribution in [0.5, 0.6) is 5.75 Å². The molecule has 144 valence electrons. The molecular formula is C22H23N3O3. The molecule has 6 nitrogen and oxygen atoms in total. The summed E-state index contributed by atoms with van der Waals surface area (Å²) < 4.78 is 5.36. The van der Waals surface area contributed by atoms with Crippen LogP contribution in [0.4, 0.5) is 0 Å². The van der Waals surface area contributed by atoms with Gasteiger partial charge >= 0.3 is 0 Å². The fourth-order valence-corrected chi connectivity index (χ4v) is 3.29. The Kier molecular flexibility index (Phi) is 5.10. The van der Waals surface area contributed by atoms with E-state index in [1.165, 1.54) is 7.11 Å². The first-order chi connectivity index (χ1) is 13.2. The van der Waals surface area contributed by atoms with Crippen LogP contribution >= 0.6 is 0 Å². The minimum absolute atomic E-state index is 0.0483. The summed E-state index contributed by atoms with van der Waals surface area (Å²) in [4.78, 5) is 30.1. The van der Waals surface area contributed by atoms with E-state index in [-0.39, 0.29) is 11.6 Å². The second-order valence-electron chi connectivity index (χ2n) is 7.19. The third-order valence-electron chi connectivity index (χ3n) is 5.09. The molecule has 3 rings (SSSR count). The van der Waals surface area contributed by atoms with E-state index < -0.39 is 11.3 Å². The number of benzene rings is 1. The van der Waals surface area contributed by atoms with Gasteiger partial charge in [-0.2, -0.15) is 0 Å². The lowest BCUT2D eigenvalue weighted by Crippen LogP contribution is -2.28. The highest BCUT2D eigenvalue weighted by Gasteiger charge is 2.39. The normalized spacial score (nSPS) is 18.6. The molecule has 1 aromatic heterocycles. The predicted octanol–water partition coefficient (Wildman–Crippen LogP) is 2.38. The highest BCUT2D eigenvalue weighted by atomic mass is 16.5. The van der Waals surface area contributed by atoms with E-state index in [2.05, 4.69) is 16.8 Å². The number of carbonyl (C=O) groups excluding carboxylic acids is 2. The molecule has 0 aliphatic carbocycles. The van der Waals surface area contributed by atoms with Crippen molar-refractivity contribution in [2.24, 2.45) is 11.1 Å². The van der Waals surface area contributed by atoms with Crippen LogP contribution in [0, 0.1) is 24.2 Å². The van der Waals surface area contributed by atoms with Crippen LogP contribution in [0.15, 0.2) is 30.3 Å². The first-order valence-corrected chi connectivity index (χ1v) is 9.00. The number of aromatic nitrogens is 1. The molecule has 2 amide bonds. The van der Waals surface area contributed by atoms with Gasteiger partial charge in [0.25, 0.3) is 5.91 Å². The quantitative estimate of drug-likeness (QED) is 0.832. The number of carbonyl (C=O) groups is 2. The van der Waals surface area contributed by atoms with Crippen LogP contribution in [-0.2, 0) is 4.79 Å². The summed E-state index contributed by atoms with van der Waals surface area (Å²) in [6.45, 7) is 4.34. The van der Waals surface area contributed by atoms with E-state index in [9.17, 15) is 9.59 Å². The molecule has 1 saturated heterocycles. The minimum Gasteiger partial charge on any atom is -0.496 e. The summed E-state index contributed by atoms with van der Waals surface area (Å²) in [5.74, 6) is 6.24. The Morgan fingerprint density at radius 2 is 2.11 bits per heavy atom. The lowest BCUT2D eigenvalue weighted by atomic mass is 9.89. The van der Waals surface area contributed by atoms with Crippen LogP contribution in [0.3, 0.4) is 0 Å². The molecule has 0 saturated carbocycles. The Balaban J connectivity index is 2.00. The van der Waals surface area contributed by atoms with Crippen LogP contribution in [0.25, 0.3) is 11.3 Å². The second-order valence-corrected chi connectivity index (χ2v) is 7.19. The van der Waals surface area contributed by atoms with Crippen molar-refractivity contribution in [3.05, 3.63) is 47.2 Å². The van der Waals surface area contributed by atoms with Gasteiger partial charge in [0, 0.05) is 36.3 Å². The lowest BCUT2D eigenvalue weighted by molar-refractivity contribution is -0.131. The van der Waals surface area contributed by atoms with Gasteiger partial charge < -0.3 is 15.4 Å². The van der Waals surface area contributed by atoms with Crippen LogP contribution < -0.4 is 10.5 Å². The van der Waals surface area contributed by atoms with E-state index in [0.29, 0.717) is 30.0 Å². The Labute approximate surface area is 164 Å². The standard InChI is InChI=1S/C22H23N3O3/c1-14-18(28-4)13-17(24-19(14)20(23)26)16-7-5-6-15(12-16)8-9-22(2)10-11-25(3)21(22)27/h5-7,12-13H,10-11H2,1-4H3,(H2,23,26)/t22-/m1/s1. The predicted molar refractivity (Wildman–Crippen MR) is 107 cm³/mol. The molecule has 0 unspecified atom stereocenters. The average molecular weight is 377 g/mol. The zero-order valence-electron chi connectivity index (χ0n) is 16.5. The molecule has 0 bridgehead atoms. The van der Waals surface area contributed by atoms with Crippen molar-refractivity contribution in [2.75, 3.05) is 20.7 Å². The summed E-state index contributed by atoms with van der Waals surface area (Å²) in [6.07, 6.45) is 0.716. The van der Waals surface area contributed by atoms with Gasteiger partial charge in [-0.3, -0.25) is 9.59 Å². The Morgan fingerprint density at radius 1 is 1.36 bits per heavy atom. The molecule has 1 aliphatic rings. The monoisotopic (exact) mass is 377 g/mol. The molecule has 2 heterocycles. The van der Waals surface area contributed by atoms with Gasteiger partial charge in [-0.1, -0.05) is 24.0 Å². The van der Waals surface area contributed by atoms with Gasteiger partial charge in [0.1, 0.15) is 16.9 Å². The maximum atomic E-state index is 12.3. The largest absolute Gasteiger partial charge is 0.496 e. The average Bonchev–Trinajstić information content (AvgIpc) is 2.94. The Bertz CT molecular complexity index is 1020. The summed E-state index contributed by atoms with van der Waals surface area (Å²) in [7, 11) is 3.33. The van der Waals surface area contributed by atoms with Gasteiger partial charge in [0.2, 0.25) is 5.91 Å². The molecule has 0 radical (unpaired) electrons. The van der Waals surface area contributed by atoms with Crippen molar-refractivity contribution in [3.63, 3.8) is 0 Å². The fraction of sp³-hybridized carbons (Fsp3) is 0.318. The smallest absolute Gasteiger partial charge is 0.267 e. The van der Waals surface area contributed by atoms with Crippen molar-refractivity contribution < 1.29 is 14.3 Å². The number of nitrogens with zero attached hydrogens (tertiary/aromatic N) is 2. The number of hydrogen-bond acceptors (Lipinski definition) is 4. The van der Waals surface area contributed by atoms with Gasteiger partial charge in [-0.05, 0) is 32.4 Å². The fourth-order valence-electron chi connectivity index (χ4n) is 3.29. The molecule has 1 fully saturated rings. The molecular weight excluding hydrogens is 354 g/mol. The number of ether oxygens (including phenoxy) is 1. The number of amides is 2. The third-order valence-corrected chi connectivity index (χ3v) is 5.09. The van der Waals surface area contributed by atoms with Crippen molar-refractivity contribution in [1.82, 2.24) is 9.88 Å². The molecule has 0 spiro atoms. The van der Waals surface area contributed by atoms with Crippen molar-refractivity contribution >= 4 is 11.8 Å². The molecule has 1 aromatic carbocycles. The number of nitrogens with two attached hydrogens (primary N) is 1. The summed E-state index contributed by atoms with van der Waals surface area (Å²) in [5.41, 5.74) is 7.70. The molecule has 2 aromatic rings. The number of methoxy groups -OCH3 is 1. The van der Waals surface area contributed by atoms with E-state index in [4.69, 9.17) is 10.5 Å². The van der Waals surface area contributed by atoms with Crippen molar-refractivity contribution in [1.29, 1.82) is 0 Å². The van der Waals surface area contributed by atoms with Crippen molar-refractivity contribution in [2.45, 2.75) is 20.3 Å². The number of hydrogen-bond donors (Lipinski definition) is 1. The topological polar surface area (TPSA) is 85.5 Å². The van der Waals surface area contributed by atoms with E-state index in [1.54, 1.807) is 24.9 Å². The maximum Gasteiger partial charge on any atom is 0.267 e. The summed E-state index contributed by atoms with van der Waals surface area (Å²) in [6, 6.07) is 9.27. The highest BCUT2D eigenvalue weighted by Crippen LogP contribution is 2.30. The molecule has 1 aliphatic heterocycles. The van der Waals surface area contributed by atoms with Crippen LogP contribution in [0.1, 0.15) is 35.0 Å². The van der Waals surface area contributed by atoms with Gasteiger partial charge in [0.05, 0.1) is 12.8 Å². The second kappa shape index (κ2) is 7.35. The Morgan fingerprint density at radius 3 is 2.71 bits per heavy atom. The lowest BCUT2D eigenvalue weighted by Gasteiger charge is -2.14. The van der Waals surface area contributed by atoms with Crippen LogP contribution in [-0.4, -0.2) is 42.4 Å². The van der Waals surface area contributed by atoms with E-state index >= 15 is 0 Å². The zero-order valence-corrected chi connectivity index (χ0v) is 16.5. The number of rotatable bonds is 3. The third kappa shape index (κ3) is 3.56. The first-order valence-electron chi connectivity index (χ1n) is 9.00. The molecule has 6 heteroatoms. The summed E-state index contributed by atoms with van der Waals surface area (Å²) >= 11 is 0. The van der Waals surface area contributed by atoms with Gasteiger partial charge in [-0.25, -0.2) is 4.98 Å². The minimum atomic E-state index is -0.658. The molecule has 2 N–H and O–H groups in total. The molecule has 28 heavy (non-hydrogen) atoms. The van der Waals surface area contributed by atoms with Gasteiger partial charge in [0.15, 0.2) is 0 Å². The van der Waals surface area contributed by atoms with Crippen molar-refractivity contribution in [3.8, 4) is 28.8 Å². The van der Waals surface area contributed by atoms with E-state index in [1.807, 2.05) is 31.2 Å². The molecule has 1 atom stereocenters. The maximum absolute atomic E-state index is 12.3. The number of primary amides is 1. The van der Waals surface area contributed by atoms with E-state index in [0.717, 1.165) is 11.1 Å². The first kappa shape index (κ1) is 19.4. The number of pyridine rings is 1. The Hall–Kier alpha value is -3.33.